The van der Waals surface area contributed by atoms with Crippen LogP contribution in [-0.4, -0.2) is 68.5 Å². The molecule has 2 aromatic rings. The van der Waals surface area contributed by atoms with Crippen molar-refractivity contribution in [1.29, 1.82) is 0 Å². The smallest absolute Gasteiger partial charge is 0.253 e. The molecule has 3 aliphatic heterocycles. The minimum absolute atomic E-state index is 0.00570. The fourth-order valence-corrected chi connectivity index (χ4v) is 4.84. The summed E-state index contributed by atoms with van der Waals surface area (Å²) in [5.41, 5.74) is 2.46. The van der Waals surface area contributed by atoms with E-state index in [2.05, 4.69) is 11.0 Å². The van der Waals surface area contributed by atoms with Crippen LogP contribution in [-0.2, 0) is 4.74 Å². The molecule has 6 nitrogen and oxygen atoms in total. The molecule has 0 radical (unpaired) electrons. The molecule has 0 aromatic heterocycles. The molecule has 0 aliphatic carbocycles. The first-order valence-electron chi connectivity index (χ1n) is 10.2. The van der Waals surface area contributed by atoms with Crippen LogP contribution in [0.25, 0.3) is 0 Å². The van der Waals surface area contributed by atoms with Gasteiger partial charge in [0.1, 0.15) is 5.75 Å². The molecule has 2 saturated heterocycles. The van der Waals surface area contributed by atoms with E-state index in [4.69, 9.17) is 9.47 Å². The third-order valence-corrected chi connectivity index (χ3v) is 6.55. The Kier molecular flexibility index (Phi) is 4.68. The van der Waals surface area contributed by atoms with Crippen LogP contribution in [0.5, 0.6) is 5.75 Å². The van der Waals surface area contributed by atoms with Gasteiger partial charge in [0.05, 0.1) is 31.8 Å². The molecule has 2 fully saturated rings. The van der Waals surface area contributed by atoms with Gasteiger partial charge >= 0.3 is 0 Å². The van der Waals surface area contributed by atoms with Crippen LogP contribution < -0.4 is 9.64 Å². The highest BCUT2D eigenvalue weighted by Gasteiger charge is 2.52. The van der Waals surface area contributed by atoms with Crippen molar-refractivity contribution >= 4 is 11.6 Å². The van der Waals surface area contributed by atoms with Crippen LogP contribution in [0.1, 0.15) is 21.8 Å². The molecule has 3 heterocycles. The Morgan fingerprint density at radius 3 is 2.62 bits per heavy atom. The number of benzene rings is 2. The van der Waals surface area contributed by atoms with Gasteiger partial charge in [0.2, 0.25) is 0 Å². The second-order valence-corrected chi connectivity index (χ2v) is 8.23. The Morgan fingerprint density at radius 1 is 1.10 bits per heavy atom. The van der Waals surface area contributed by atoms with E-state index in [-0.39, 0.29) is 18.4 Å². The number of amides is 1. The number of rotatable bonds is 3. The number of likely N-dealkylation sites (tertiary alicyclic amines) is 1. The van der Waals surface area contributed by atoms with Gasteiger partial charge in [-0.15, -0.1) is 0 Å². The van der Waals surface area contributed by atoms with Crippen molar-refractivity contribution in [2.24, 2.45) is 5.41 Å². The fraction of sp³-hybridized carbons (Fsp3) is 0.435. The van der Waals surface area contributed by atoms with E-state index in [1.54, 1.807) is 0 Å². The maximum Gasteiger partial charge on any atom is 0.253 e. The SMILES string of the molecule is O=C(c1ccc(N2CCOCC2)cc1)N1C[C@@H]2c3ccccc3OC[C@]2(CO)C1. The molecule has 2 atom stereocenters. The fourth-order valence-electron chi connectivity index (χ4n) is 4.84. The van der Waals surface area contributed by atoms with Gasteiger partial charge in [0, 0.05) is 43.3 Å². The predicted octanol–water partition coefficient (Wildman–Crippen LogP) is 2.13. The summed E-state index contributed by atoms with van der Waals surface area (Å²) in [6.07, 6.45) is 0. The first kappa shape index (κ1) is 18.5. The largest absolute Gasteiger partial charge is 0.493 e. The first-order chi connectivity index (χ1) is 14.2. The first-order valence-corrected chi connectivity index (χ1v) is 10.2. The van der Waals surface area contributed by atoms with Gasteiger partial charge in [-0.2, -0.15) is 0 Å². The summed E-state index contributed by atoms with van der Waals surface area (Å²) < 4.78 is 11.3. The standard InChI is InChI=1S/C23H26N2O4/c26-15-23-14-25(13-20(23)19-3-1-2-4-21(19)29-16-23)22(27)17-5-7-18(8-6-17)24-9-11-28-12-10-24/h1-8,20,26H,9-16H2/t20-,23-/m1/s1. The Labute approximate surface area is 170 Å². The van der Waals surface area contributed by atoms with Gasteiger partial charge < -0.3 is 24.4 Å². The highest BCUT2D eigenvalue weighted by atomic mass is 16.5. The summed E-state index contributed by atoms with van der Waals surface area (Å²) in [4.78, 5) is 17.4. The van der Waals surface area contributed by atoms with Gasteiger partial charge in [-0.25, -0.2) is 0 Å². The van der Waals surface area contributed by atoms with Crippen molar-refractivity contribution in [2.45, 2.75) is 5.92 Å². The Balaban J connectivity index is 1.36. The van der Waals surface area contributed by atoms with Crippen LogP contribution in [0.3, 0.4) is 0 Å². The summed E-state index contributed by atoms with van der Waals surface area (Å²) in [6.45, 7) is 4.78. The second kappa shape index (κ2) is 7.35. The van der Waals surface area contributed by atoms with Gasteiger partial charge in [-0.05, 0) is 35.9 Å². The van der Waals surface area contributed by atoms with Crippen LogP contribution in [0.15, 0.2) is 48.5 Å². The Morgan fingerprint density at radius 2 is 1.86 bits per heavy atom. The number of hydrogen-bond donors (Lipinski definition) is 1. The number of carbonyl (C=O) groups excluding carboxylic acids is 1. The number of aliphatic hydroxyl groups is 1. The topological polar surface area (TPSA) is 62.2 Å². The van der Waals surface area contributed by atoms with Crippen LogP contribution in [0.4, 0.5) is 5.69 Å². The molecular weight excluding hydrogens is 368 g/mol. The molecule has 0 unspecified atom stereocenters. The van der Waals surface area contributed by atoms with Crippen LogP contribution in [0.2, 0.25) is 0 Å². The van der Waals surface area contributed by atoms with Crippen molar-refractivity contribution < 1.29 is 19.4 Å². The summed E-state index contributed by atoms with van der Waals surface area (Å²) in [5.74, 6) is 0.970. The Hall–Kier alpha value is -2.57. The zero-order valence-corrected chi connectivity index (χ0v) is 16.4. The average molecular weight is 394 g/mol. The molecule has 0 bridgehead atoms. The van der Waals surface area contributed by atoms with Crippen molar-refractivity contribution in [1.82, 2.24) is 4.90 Å². The maximum atomic E-state index is 13.2. The molecule has 5 rings (SSSR count). The number of fused-ring (bicyclic) bond motifs is 3. The van der Waals surface area contributed by atoms with Crippen LogP contribution >= 0.6 is 0 Å². The quantitative estimate of drug-likeness (QED) is 0.864. The normalized spacial score (nSPS) is 25.9. The molecule has 0 saturated carbocycles. The zero-order chi connectivity index (χ0) is 19.8. The summed E-state index contributed by atoms with van der Waals surface area (Å²) in [5, 5.41) is 10.2. The number of hydrogen-bond acceptors (Lipinski definition) is 5. The van der Waals surface area contributed by atoms with E-state index >= 15 is 0 Å². The van der Waals surface area contributed by atoms with Crippen LogP contribution in [0, 0.1) is 5.41 Å². The summed E-state index contributed by atoms with van der Waals surface area (Å²) in [6, 6.07) is 15.8. The molecule has 0 spiro atoms. The third kappa shape index (κ3) is 3.16. The summed E-state index contributed by atoms with van der Waals surface area (Å²) >= 11 is 0. The lowest BCUT2D eigenvalue weighted by atomic mass is 9.74. The molecule has 3 aliphatic rings. The number of ether oxygens (including phenoxy) is 2. The minimum atomic E-state index is -0.433. The number of carbonyl (C=O) groups is 1. The van der Waals surface area contributed by atoms with Gasteiger partial charge in [0.25, 0.3) is 5.91 Å². The van der Waals surface area contributed by atoms with Crippen molar-refractivity contribution in [2.75, 3.05) is 57.5 Å². The lowest BCUT2D eigenvalue weighted by molar-refractivity contribution is 0.0440. The maximum absolute atomic E-state index is 13.2. The molecular formula is C23H26N2O4. The molecule has 152 valence electrons. The average Bonchev–Trinajstić information content (AvgIpc) is 3.20. The molecule has 1 amide bonds. The van der Waals surface area contributed by atoms with E-state index < -0.39 is 5.41 Å². The van der Waals surface area contributed by atoms with E-state index in [0.717, 1.165) is 43.3 Å². The zero-order valence-electron chi connectivity index (χ0n) is 16.4. The molecule has 6 heteroatoms. The number of anilines is 1. The number of para-hydroxylation sites is 1. The second-order valence-electron chi connectivity index (χ2n) is 8.23. The summed E-state index contributed by atoms with van der Waals surface area (Å²) in [7, 11) is 0. The van der Waals surface area contributed by atoms with E-state index in [1.807, 2.05) is 47.4 Å². The highest BCUT2D eigenvalue weighted by molar-refractivity contribution is 5.95. The molecule has 1 N–H and O–H groups in total. The number of morpholine rings is 1. The Bertz CT molecular complexity index is 894. The van der Waals surface area contributed by atoms with Crippen molar-refractivity contribution in [3.63, 3.8) is 0 Å². The number of nitrogens with zero attached hydrogens (tertiary/aromatic N) is 2. The third-order valence-electron chi connectivity index (χ3n) is 6.55. The lowest BCUT2D eigenvalue weighted by Gasteiger charge is -2.37. The van der Waals surface area contributed by atoms with Crippen molar-refractivity contribution in [3.8, 4) is 5.75 Å². The van der Waals surface area contributed by atoms with Gasteiger partial charge in [0.15, 0.2) is 0 Å². The van der Waals surface area contributed by atoms with Gasteiger partial charge in [-0.1, -0.05) is 18.2 Å². The van der Waals surface area contributed by atoms with Crippen molar-refractivity contribution in [3.05, 3.63) is 59.7 Å². The van der Waals surface area contributed by atoms with E-state index in [1.165, 1.54) is 0 Å². The molecule has 2 aromatic carbocycles. The monoisotopic (exact) mass is 394 g/mol. The van der Waals surface area contributed by atoms with Gasteiger partial charge in [-0.3, -0.25) is 4.79 Å². The lowest BCUT2D eigenvalue weighted by Crippen LogP contribution is -2.42. The minimum Gasteiger partial charge on any atom is -0.493 e. The van der Waals surface area contributed by atoms with E-state index in [0.29, 0.717) is 25.3 Å². The highest BCUT2D eigenvalue weighted by Crippen LogP contribution is 2.49. The predicted molar refractivity (Wildman–Crippen MR) is 110 cm³/mol. The van der Waals surface area contributed by atoms with E-state index in [9.17, 15) is 9.90 Å². The number of aliphatic hydroxyl groups excluding tert-OH is 1. The molecule has 29 heavy (non-hydrogen) atoms.